The number of hydrogen-bond acceptors (Lipinski definition) is 4. The van der Waals surface area contributed by atoms with Crippen LogP contribution in [0.5, 0.6) is 5.75 Å². The first-order valence-corrected chi connectivity index (χ1v) is 7.41. The van der Waals surface area contributed by atoms with Gasteiger partial charge in [-0.3, -0.25) is 0 Å². The van der Waals surface area contributed by atoms with E-state index in [1.807, 2.05) is 48.5 Å². The van der Waals surface area contributed by atoms with E-state index in [2.05, 4.69) is 26.4 Å². The summed E-state index contributed by atoms with van der Waals surface area (Å²) in [5, 5.41) is 7.61. The molecule has 0 aliphatic rings. The van der Waals surface area contributed by atoms with Crippen molar-refractivity contribution in [2.24, 2.45) is 7.05 Å². The number of para-hydroxylation sites is 2. The van der Waals surface area contributed by atoms with Crippen LogP contribution in [0.2, 0.25) is 0 Å². The second-order valence-electron chi connectivity index (χ2n) is 4.64. The number of ether oxygens (including phenoxy) is 1. The van der Waals surface area contributed by atoms with Gasteiger partial charge in [0.25, 0.3) is 0 Å². The van der Waals surface area contributed by atoms with Gasteiger partial charge >= 0.3 is 5.69 Å². The molecular weight excluding hydrogens is 348 g/mol. The first kappa shape index (κ1) is 14.5. The zero-order valence-electron chi connectivity index (χ0n) is 11.8. The molecule has 0 aliphatic carbocycles. The number of hydrogen-bond donors (Lipinski definition) is 0. The number of nitrogens with zero attached hydrogens (tertiary/aromatic N) is 4. The zero-order chi connectivity index (χ0) is 15.5. The van der Waals surface area contributed by atoms with Crippen LogP contribution in [0.3, 0.4) is 0 Å². The summed E-state index contributed by atoms with van der Waals surface area (Å²) in [5.41, 5.74) is 1.21. The number of tetrazole rings is 1. The predicted octanol–water partition coefficient (Wildman–Crippen LogP) is 2.31. The Morgan fingerprint density at radius 1 is 1.09 bits per heavy atom. The third-order valence-corrected chi connectivity index (χ3v) is 3.82. The maximum Gasteiger partial charge on any atom is 0.368 e. The number of aryl methyl sites for hydroxylation is 1. The Balaban J connectivity index is 1.91. The Kier molecular flexibility index (Phi) is 4.06. The van der Waals surface area contributed by atoms with E-state index in [0.29, 0.717) is 12.3 Å². The first-order chi connectivity index (χ1) is 10.7. The highest BCUT2D eigenvalue weighted by Gasteiger charge is 2.11. The van der Waals surface area contributed by atoms with E-state index >= 15 is 0 Å². The smallest absolute Gasteiger partial charge is 0.368 e. The Morgan fingerprint density at radius 2 is 1.82 bits per heavy atom. The maximum atomic E-state index is 12.0. The summed E-state index contributed by atoms with van der Waals surface area (Å²) in [6, 6.07) is 15.1. The van der Waals surface area contributed by atoms with Crippen molar-refractivity contribution in [3.63, 3.8) is 0 Å². The Hall–Kier alpha value is -2.41. The third-order valence-electron chi connectivity index (χ3n) is 3.16. The number of benzene rings is 2. The van der Waals surface area contributed by atoms with E-state index in [1.54, 1.807) is 7.05 Å². The zero-order valence-corrected chi connectivity index (χ0v) is 13.4. The van der Waals surface area contributed by atoms with Gasteiger partial charge in [-0.15, -0.1) is 0 Å². The molecule has 6 nitrogen and oxygen atoms in total. The highest BCUT2D eigenvalue weighted by Crippen LogP contribution is 2.25. The lowest BCUT2D eigenvalue weighted by molar-refractivity contribution is 0.303. The van der Waals surface area contributed by atoms with Gasteiger partial charge in [0.05, 0.1) is 10.2 Å². The number of aromatic nitrogens is 4. The van der Waals surface area contributed by atoms with Crippen LogP contribution in [0.4, 0.5) is 0 Å². The lowest BCUT2D eigenvalue weighted by Crippen LogP contribution is -2.23. The Labute approximate surface area is 135 Å². The molecule has 7 heteroatoms. The maximum absolute atomic E-state index is 12.0. The second-order valence-corrected chi connectivity index (χ2v) is 5.50. The van der Waals surface area contributed by atoms with Crippen molar-refractivity contribution >= 4 is 15.9 Å². The monoisotopic (exact) mass is 360 g/mol. The molecule has 0 bridgehead atoms. The van der Waals surface area contributed by atoms with Gasteiger partial charge in [-0.05, 0) is 44.6 Å². The van der Waals surface area contributed by atoms with E-state index in [4.69, 9.17) is 4.74 Å². The molecule has 0 amide bonds. The molecule has 1 aromatic heterocycles. The molecule has 2 aromatic carbocycles. The van der Waals surface area contributed by atoms with E-state index in [-0.39, 0.29) is 5.69 Å². The predicted molar refractivity (Wildman–Crippen MR) is 85.1 cm³/mol. The summed E-state index contributed by atoms with van der Waals surface area (Å²) in [4.78, 5) is 12.0. The van der Waals surface area contributed by atoms with E-state index < -0.39 is 0 Å². The van der Waals surface area contributed by atoms with Gasteiger partial charge in [0, 0.05) is 12.6 Å². The van der Waals surface area contributed by atoms with Crippen LogP contribution < -0.4 is 10.4 Å². The van der Waals surface area contributed by atoms with Crippen LogP contribution in [0.15, 0.2) is 57.8 Å². The molecule has 0 unspecified atom stereocenters. The molecule has 22 heavy (non-hydrogen) atoms. The Morgan fingerprint density at radius 3 is 2.55 bits per heavy atom. The van der Waals surface area contributed by atoms with Gasteiger partial charge in [0.2, 0.25) is 0 Å². The van der Waals surface area contributed by atoms with Gasteiger partial charge in [0.15, 0.2) is 0 Å². The highest BCUT2D eigenvalue weighted by molar-refractivity contribution is 9.10. The molecule has 1 heterocycles. The Bertz CT molecular complexity index is 856. The molecule has 0 radical (unpaired) electrons. The van der Waals surface area contributed by atoms with Crippen LogP contribution in [0, 0.1) is 0 Å². The van der Waals surface area contributed by atoms with Crippen molar-refractivity contribution in [1.29, 1.82) is 0 Å². The minimum absolute atomic E-state index is 0.298. The lowest BCUT2D eigenvalue weighted by atomic mass is 10.2. The molecule has 0 atom stereocenters. The molecule has 0 spiro atoms. The minimum Gasteiger partial charge on any atom is -0.488 e. The molecule has 112 valence electrons. The van der Waals surface area contributed by atoms with Crippen molar-refractivity contribution in [3.05, 3.63) is 69.1 Å². The van der Waals surface area contributed by atoms with Crippen LogP contribution in [-0.4, -0.2) is 19.8 Å². The normalized spacial score (nSPS) is 10.6. The molecule has 0 N–H and O–H groups in total. The topological polar surface area (TPSA) is 61.9 Å². The van der Waals surface area contributed by atoms with Gasteiger partial charge < -0.3 is 4.74 Å². The fourth-order valence-electron chi connectivity index (χ4n) is 2.02. The summed E-state index contributed by atoms with van der Waals surface area (Å²) in [7, 11) is 1.56. The van der Waals surface area contributed by atoms with Crippen LogP contribution in [-0.2, 0) is 13.7 Å². The molecular formula is C15H13BrN4O2. The van der Waals surface area contributed by atoms with Gasteiger partial charge in [-0.25, -0.2) is 4.79 Å². The van der Waals surface area contributed by atoms with Gasteiger partial charge in [0.1, 0.15) is 12.4 Å². The van der Waals surface area contributed by atoms with Gasteiger partial charge in [-0.2, -0.15) is 9.36 Å². The number of halogens is 1. The average molecular weight is 361 g/mol. The summed E-state index contributed by atoms with van der Waals surface area (Å²) >= 11 is 3.44. The molecule has 0 fully saturated rings. The largest absolute Gasteiger partial charge is 0.488 e. The van der Waals surface area contributed by atoms with Crippen molar-refractivity contribution < 1.29 is 4.74 Å². The van der Waals surface area contributed by atoms with Crippen LogP contribution in [0.1, 0.15) is 5.56 Å². The third kappa shape index (κ3) is 2.80. The second kappa shape index (κ2) is 6.15. The molecule has 0 saturated carbocycles. The van der Waals surface area contributed by atoms with Crippen molar-refractivity contribution in [1.82, 2.24) is 19.8 Å². The molecule has 0 saturated heterocycles. The molecule has 3 rings (SSSR count). The summed E-state index contributed by atoms with van der Waals surface area (Å²) < 4.78 is 9.14. The van der Waals surface area contributed by atoms with Gasteiger partial charge in [-0.1, -0.05) is 30.3 Å². The SMILES string of the molecule is Cn1nnn(-c2ccccc2COc2ccccc2Br)c1=O. The van der Waals surface area contributed by atoms with E-state index in [0.717, 1.165) is 15.8 Å². The van der Waals surface area contributed by atoms with Crippen molar-refractivity contribution in [2.75, 3.05) is 0 Å². The quantitative estimate of drug-likeness (QED) is 0.716. The fourth-order valence-corrected chi connectivity index (χ4v) is 2.42. The van der Waals surface area contributed by atoms with Crippen molar-refractivity contribution in [3.8, 4) is 11.4 Å². The van der Waals surface area contributed by atoms with Crippen LogP contribution in [0.25, 0.3) is 5.69 Å². The first-order valence-electron chi connectivity index (χ1n) is 6.61. The standard InChI is InChI=1S/C15H13BrN4O2/c1-19-15(21)20(18-17-19)13-8-4-2-6-11(13)10-22-14-9-5-3-7-12(14)16/h2-9H,10H2,1H3. The van der Waals surface area contributed by atoms with Crippen LogP contribution >= 0.6 is 15.9 Å². The highest BCUT2D eigenvalue weighted by atomic mass is 79.9. The van der Waals surface area contributed by atoms with E-state index in [9.17, 15) is 4.79 Å². The fraction of sp³-hybridized carbons (Fsp3) is 0.133. The van der Waals surface area contributed by atoms with Crippen molar-refractivity contribution in [2.45, 2.75) is 6.61 Å². The molecule has 3 aromatic rings. The summed E-state index contributed by atoms with van der Waals surface area (Å²) in [6.45, 7) is 0.321. The minimum atomic E-state index is -0.298. The summed E-state index contributed by atoms with van der Waals surface area (Å²) in [5.74, 6) is 0.740. The summed E-state index contributed by atoms with van der Waals surface area (Å²) in [6.07, 6.45) is 0. The number of rotatable bonds is 4. The van der Waals surface area contributed by atoms with E-state index in [1.165, 1.54) is 9.36 Å². The average Bonchev–Trinajstić information content (AvgIpc) is 2.86. The molecule has 0 aliphatic heterocycles. The lowest BCUT2D eigenvalue weighted by Gasteiger charge is -2.11.